The maximum absolute atomic E-state index is 11.8. The number of hydrogen-bond acceptors (Lipinski definition) is 4. The van der Waals surface area contributed by atoms with E-state index in [1.807, 2.05) is 0 Å². The molecule has 0 aromatic heterocycles. The van der Waals surface area contributed by atoms with Crippen LogP contribution in [0.3, 0.4) is 0 Å². The topological polar surface area (TPSA) is 77.3 Å². The molecule has 88 valence electrons. The predicted molar refractivity (Wildman–Crippen MR) is 61.0 cm³/mol. The summed E-state index contributed by atoms with van der Waals surface area (Å²) in [5, 5.41) is 12.0. The average molecular weight is 251 g/mol. The first-order chi connectivity index (χ1) is 7.99. The highest BCUT2D eigenvalue weighted by Crippen LogP contribution is 2.48. The molecule has 1 fully saturated rings. The number of fused-ring (bicyclic) bond motifs is 1. The molecule has 17 heavy (non-hydrogen) atoms. The number of allylic oxidation sites excluding steroid dienone is 1. The Morgan fingerprint density at radius 2 is 2.00 bits per heavy atom. The third kappa shape index (κ3) is 1.56. The first-order valence-corrected chi connectivity index (χ1v) is 6.79. The maximum atomic E-state index is 11.8. The van der Waals surface area contributed by atoms with Crippen molar-refractivity contribution >= 4 is 21.1 Å². The van der Waals surface area contributed by atoms with Crippen LogP contribution in [-0.4, -0.2) is 13.3 Å². The first kappa shape index (κ1) is 10.5. The summed E-state index contributed by atoms with van der Waals surface area (Å²) >= 11 is 0. The van der Waals surface area contributed by atoms with Crippen LogP contribution in [0.25, 0.3) is 5.57 Å². The molecule has 6 heteroatoms. The number of nitrogens with zero attached hydrogens (tertiary/aromatic N) is 1. The summed E-state index contributed by atoms with van der Waals surface area (Å²) in [5.41, 5.74) is 1.19. The third-order valence-electron chi connectivity index (χ3n) is 3.09. The Bertz CT molecular complexity index is 656. The zero-order chi connectivity index (χ0) is 12.2. The second kappa shape index (κ2) is 3.16. The van der Waals surface area contributed by atoms with Gasteiger partial charge in [0.15, 0.2) is 0 Å². The number of sulfone groups is 1. The van der Waals surface area contributed by atoms with E-state index in [0.29, 0.717) is 5.56 Å². The summed E-state index contributed by atoms with van der Waals surface area (Å²) in [6.45, 7) is 0. The van der Waals surface area contributed by atoms with Gasteiger partial charge in [0.1, 0.15) is 0 Å². The van der Waals surface area contributed by atoms with E-state index < -0.39 is 14.8 Å². The highest BCUT2D eigenvalue weighted by atomic mass is 32.2. The lowest BCUT2D eigenvalue weighted by molar-refractivity contribution is -0.384. The Morgan fingerprint density at radius 1 is 1.29 bits per heavy atom. The van der Waals surface area contributed by atoms with Gasteiger partial charge in [-0.15, -0.1) is 0 Å². The fraction of sp³-hybridized carbons (Fsp3) is 0.273. The van der Waals surface area contributed by atoms with Gasteiger partial charge in [-0.25, -0.2) is 8.42 Å². The number of hydrogen-bond donors (Lipinski definition) is 0. The van der Waals surface area contributed by atoms with Crippen molar-refractivity contribution in [2.24, 2.45) is 5.92 Å². The number of non-ortho nitro benzene ring substituents is 1. The van der Waals surface area contributed by atoms with Gasteiger partial charge < -0.3 is 0 Å². The van der Waals surface area contributed by atoms with E-state index in [9.17, 15) is 18.5 Å². The van der Waals surface area contributed by atoms with Gasteiger partial charge in [0.2, 0.25) is 9.84 Å². The van der Waals surface area contributed by atoms with Crippen molar-refractivity contribution in [3.05, 3.63) is 39.3 Å². The second-order valence-electron chi connectivity index (χ2n) is 4.33. The van der Waals surface area contributed by atoms with E-state index in [1.54, 1.807) is 0 Å². The fourth-order valence-corrected chi connectivity index (χ4v) is 3.63. The van der Waals surface area contributed by atoms with Crippen LogP contribution in [0.2, 0.25) is 0 Å². The molecule has 0 radical (unpaired) electrons. The van der Waals surface area contributed by atoms with Crippen LogP contribution >= 0.6 is 0 Å². The minimum absolute atomic E-state index is 0.0626. The van der Waals surface area contributed by atoms with Crippen LogP contribution in [0.5, 0.6) is 0 Å². The molecule has 1 aliphatic carbocycles. The summed E-state index contributed by atoms with van der Waals surface area (Å²) in [5.74, 6) is 0.257. The van der Waals surface area contributed by atoms with Gasteiger partial charge in [0.05, 0.1) is 9.82 Å². The summed E-state index contributed by atoms with van der Waals surface area (Å²) in [6.07, 6.45) is 1.92. The molecule has 3 rings (SSSR count). The molecular weight excluding hydrogens is 242 g/mol. The van der Waals surface area contributed by atoms with Gasteiger partial charge in [-0.1, -0.05) is 0 Å². The third-order valence-corrected chi connectivity index (χ3v) is 4.62. The highest BCUT2D eigenvalue weighted by molar-refractivity contribution is 7.95. The van der Waals surface area contributed by atoms with Crippen LogP contribution in [-0.2, 0) is 9.84 Å². The summed E-state index contributed by atoms with van der Waals surface area (Å²) in [7, 11) is -3.39. The molecule has 0 saturated heterocycles. The normalized spacial score (nSPS) is 20.8. The van der Waals surface area contributed by atoms with Gasteiger partial charge in [0.25, 0.3) is 5.69 Å². The molecule has 0 bridgehead atoms. The summed E-state index contributed by atoms with van der Waals surface area (Å²) in [6, 6.07) is 3.93. The minimum atomic E-state index is -3.39. The van der Waals surface area contributed by atoms with Crippen LogP contribution < -0.4 is 0 Å². The van der Waals surface area contributed by atoms with Crippen molar-refractivity contribution in [1.29, 1.82) is 0 Å². The Hall–Kier alpha value is -1.69. The van der Waals surface area contributed by atoms with Crippen molar-refractivity contribution in [2.45, 2.75) is 17.7 Å². The van der Waals surface area contributed by atoms with Crippen LogP contribution in [0.4, 0.5) is 5.69 Å². The average Bonchev–Trinajstić information content (AvgIpc) is 3.05. The number of nitro groups is 1. The molecule has 0 N–H and O–H groups in total. The van der Waals surface area contributed by atoms with E-state index in [4.69, 9.17) is 0 Å². The Morgan fingerprint density at radius 3 is 2.59 bits per heavy atom. The van der Waals surface area contributed by atoms with Crippen molar-refractivity contribution in [3.63, 3.8) is 0 Å². The largest absolute Gasteiger partial charge is 0.270 e. The predicted octanol–water partition coefficient (Wildman–Crippen LogP) is 2.13. The molecule has 0 unspecified atom stereocenters. The zero-order valence-corrected chi connectivity index (χ0v) is 9.61. The zero-order valence-electron chi connectivity index (χ0n) is 8.79. The smallest absolute Gasteiger partial charge is 0.258 e. The molecule has 0 amide bonds. The number of benzene rings is 1. The minimum Gasteiger partial charge on any atom is -0.258 e. The first-order valence-electron chi connectivity index (χ1n) is 5.24. The Kier molecular flexibility index (Phi) is 1.95. The Balaban J connectivity index is 2.22. The van der Waals surface area contributed by atoms with E-state index in [1.165, 1.54) is 23.6 Å². The molecule has 2 aliphatic rings. The quantitative estimate of drug-likeness (QED) is 0.596. The van der Waals surface area contributed by atoms with E-state index in [-0.39, 0.29) is 16.5 Å². The molecule has 1 aromatic rings. The molecule has 5 nitrogen and oxygen atoms in total. The van der Waals surface area contributed by atoms with Crippen molar-refractivity contribution in [2.75, 3.05) is 0 Å². The van der Waals surface area contributed by atoms with Crippen LogP contribution in [0.1, 0.15) is 18.4 Å². The lowest BCUT2D eigenvalue weighted by Crippen LogP contribution is -1.95. The van der Waals surface area contributed by atoms with Gasteiger partial charge in [-0.3, -0.25) is 10.1 Å². The van der Waals surface area contributed by atoms with Gasteiger partial charge in [-0.05, 0) is 30.4 Å². The fourth-order valence-electron chi connectivity index (χ4n) is 2.11. The summed E-state index contributed by atoms with van der Waals surface area (Å²) in [4.78, 5) is 10.4. The second-order valence-corrected chi connectivity index (χ2v) is 6.10. The summed E-state index contributed by atoms with van der Waals surface area (Å²) < 4.78 is 23.7. The van der Waals surface area contributed by atoms with Crippen molar-refractivity contribution in [3.8, 4) is 0 Å². The number of nitro benzene ring substituents is 1. The molecule has 0 atom stereocenters. The monoisotopic (exact) mass is 251 g/mol. The van der Waals surface area contributed by atoms with E-state index in [2.05, 4.69) is 0 Å². The molecule has 0 spiro atoms. The molecule has 1 saturated carbocycles. The van der Waals surface area contributed by atoms with Gasteiger partial charge in [-0.2, -0.15) is 0 Å². The maximum Gasteiger partial charge on any atom is 0.270 e. The standard InChI is InChI=1S/C11H9NO4S/c13-12(14)8-3-4-11-9(5-8)10(7-1-2-7)6-17(11,15)16/h3-7H,1-2H2. The number of rotatable bonds is 2. The van der Waals surface area contributed by atoms with Crippen molar-refractivity contribution < 1.29 is 13.3 Å². The van der Waals surface area contributed by atoms with Crippen LogP contribution in [0, 0.1) is 16.0 Å². The van der Waals surface area contributed by atoms with Crippen LogP contribution in [0.15, 0.2) is 28.5 Å². The lowest BCUT2D eigenvalue weighted by Gasteiger charge is -2.02. The highest BCUT2D eigenvalue weighted by Gasteiger charge is 2.36. The molecular formula is C11H9NO4S. The molecule has 1 heterocycles. The van der Waals surface area contributed by atoms with E-state index >= 15 is 0 Å². The molecule has 1 aromatic carbocycles. The van der Waals surface area contributed by atoms with Gasteiger partial charge >= 0.3 is 0 Å². The Labute approximate surface area is 97.8 Å². The van der Waals surface area contributed by atoms with Crippen molar-refractivity contribution in [1.82, 2.24) is 0 Å². The van der Waals surface area contributed by atoms with Gasteiger partial charge in [0, 0.05) is 23.1 Å². The lowest BCUT2D eigenvalue weighted by atomic mass is 10.0. The SMILES string of the molecule is O=[N+]([O-])c1ccc2c(c1)C(C1CC1)=CS2(=O)=O. The van der Waals surface area contributed by atoms with E-state index in [0.717, 1.165) is 18.4 Å². The molecule has 1 aliphatic heterocycles.